The Morgan fingerprint density at radius 3 is 1.00 bits per heavy atom. The van der Waals surface area contributed by atoms with Crippen LogP contribution in [0.2, 0.25) is 0 Å². The molecule has 0 amide bonds. The predicted molar refractivity (Wildman–Crippen MR) is 334 cm³/mol. The summed E-state index contributed by atoms with van der Waals surface area (Å²) >= 11 is 0. The summed E-state index contributed by atoms with van der Waals surface area (Å²) in [5.41, 5.74) is 0. The van der Waals surface area contributed by atoms with Gasteiger partial charge in [0.25, 0.3) is 0 Å². The molecule has 0 rings (SSSR count). The number of ether oxygens (including phenoxy) is 3. The number of phosphoric acid groups is 1. The molecular weight excluding hydrogens is 1020 g/mol. The van der Waals surface area contributed by atoms with Gasteiger partial charge in [0.1, 0.15) is 12.7 Å². The van der Waals surface area contributed by atoms with Crippen molar-refractivity contribution >= 4 is 25.7 Å². The molecule has 0 aliphatic rings. The molecule has 454 valence electrons. The van der Waals surface area contributed by atoms with E-state index in [1.807, 2.05) is 0 Å². The minimum absolute atomic E-state index is 0.138. The SMILES string of the molecule is CC/C=C\C/C=C\C/C=C\C/C=C\CCCCCCC(=O)OCC(COP(=O)(O)OCC(CO)OC(=O)CCCCCC/C=C\C/C=C\C/C=C\C/C=C\CC)OC(=O)CCCCCCCC/C=C\C/C=C\C/C=C\CCCCC. The summed E-state index contributed by atoms with van der Waals surface area (Å²) in [6.07, 6.45) is 76.8. The van der Waals surface area contributed by atoms with Gasteiger partial charge in [0.05, 0.1) is 19.8 Å². The Balaban J connectivity index is 4.82. The third-order valence-corrected chi connectivity index (χ3v) is 13.5. The number of phosphoric ester groups is 1. The number of rotatable bonds is 56. The monoisotopic (exact) mass is 1130 g/mol. The molecule has 0 radical (unpaired) electrons. The molecule has 0 bridgehead atoms. The van der Waals surface area contributed by atoms with E-state index < -0.39 is 57.8 Å². The number of carbonyl (C=O) groups is 3. The minimum Gasteiger partial charge on any atom is -0.462 e. The molecule has 0 aromatic heterocycles. The number of allylic oxidation sites excluding steroid dienone is 22. The standard InChI is InChI=1S/C68H111O11P/c1-4-7-10-13-16-19-22-25-28-31-32-35-38-41-44-47-50-53-56-59-68(72)79-65(61-75-66(70)57-54-51-48-45-42-39-36-33-29-26-23-20-17-14-11-8-5-2)63-77-80(73,74)76-62-64(60-69)78-67(71)58-55-52-49-46-43-40-37-34-30-27-24-21-18-15-12-9-6-3/h8-9,11-12,16-21,25-30,32,35-37,39-40,64-65,69H,4-7,10,13-15,22-24,31,33-34,38,41-63H2,1-3H3,(H,73,74)/b11-8-,12-9-,19-16-,20-17-,21-18-,28-25-,29-26-,30-27-,35-32-,39-36-,40-37-. The van der Waals surface area contributed by atoms with Crippen LogP contribution in [0.1, 0.15) is 239 Å². The zero-order valence-corrected chi connectivity index (χ0v) is 51.1. The Bertz CT molecular complexity index is 1850. The summed E-state index contributed by atoms with van der Waals surface area (Å²) < 4.78 is 39.6. The van der Waals surface area contributed by atoms with Crippen molar-refractivity contribution in [2.75, 3.05) is 26.4 Å². The topological polar surface area (TPSA) is 155 Å². The molecule has 0 spiro atoms. The second kappa shape index (κ2) is 60.7. The molecule has 80 heavy (non-hydrogen) atoms. The van der Waals surface area contributed by atoms with Crippen LogP contribution in [0, 0.1) is 0 Å². The van der Waals surface area contributed by atoms with Crippen LogP contribution in [-0.4, -0.2) is 66.5 Å². The fourth-order valence-corrected chi connectivity index (χ4v) is 8.66. The molecular formula is C68H111O11P. The first kappa shape index (κ1) is 75.6. The van der Waals surface area contributed by atoms with Crippen molar-refractivity contribution in [3.63, 3.8) is 0 Å². The molecule has 11 nitrogen and oxygen atoms in total. The van der Waals surface area contributed by atoms with Crippen LogP contribution in [0.4, 0.5) is 0 Å². The van der Waals surface area contributed by atoms with Gasteiger partial charge in [-0.15, -0.1) is 0 Å². The van der Waals surface area contributed by atoms with Crippen LogP contribution in [0.15, 0.2) is 134 Å². The highest BCUT2D eigenvalue weighted by atomic mass is 31.2. The number of aliphatic hydroxyl groups is 1. The van der Waals surface area contributed by atoms with Gasteiger partial charge in [0.2, 0.25) is 0 Å². The van der Waals surface area contributed by atoms with E-state index in [1.54, 1.807) is 0 Å². The second-order valence-electron chi connectivity index (χ2n) is 20.1. The van der Waals surface area contributed by atoms with Crippen LogP contribution in [0.25, 0.3) is 0 Å². The number of hydrogen-bond donors (Lipinski definition) is 2. The number of carbonyl (C=O) groups excluding carboxylic acids is 3. The first-order valence-corrected chi connectivity index (χ1v) is 32.6. The highest BCUT2D eigenvalue weighted by molar-refractivity contribution is 7.47. The largest absolute Gasteiger partial charge is 0.472 e. The molecule has 0 aliphatic heterocycles. The lowest BCUT2D eigenvalue weighted by atomic mass is 10.1. The summed E-state index contributed by atoms with van der Waals surface area (Å²) in [5, 5.41) is 9.84. The molecule has 3 unspecified atom stereocenters. The Morgan fingerprint density at radius 2 is 0.650 bits per heavy atom. The molecule has 12 heteroatoms. The minimum atomic E-state index is -4.78. The molecule has 0 aliphatic carbocycles. The lowest BCUT2D eigenvalue weighted by Gasteiger charge is -2.21. The average molecular weight is 1140 g/mol. The molecule has 0 saturated heterocycles. The van der Waals surface area contributed by atoms with Crippen LogP contribution in [-0.2, 0) is 42.2 Å². The first-order valence-electron chi connectivity index (χ1n) is 31.1. The maximum Gasteiger partial charge on any atom is 0.472 e. The van der Waals surface area contributed by atoms with Gasteiger partial charge in [-0.1, -0.05) is 219 Å². The zero-order valence-electron chi connectivity index (χ0n) is 50.2. The van der Waals surface area contributed by atoms with Crippen molar-refractivity contribution in [2.24, 2.45) is 0 Å². The summed E-state index contributed by atoms with van der Waals surface area (Å²) in [7, 11) is -4.78. The Kier molecular flexibility index (Phi) is 57.4. The van der Waals surface area contributed by atoms with Crippen molar-refractivity contribution in [3.8, 4) is 0 Å². The molecule has 0 heterocycles. The maximum atomic E-state index is 12.9. The molecule has 0 aromatic carbocycles. The van der Waals surface area contributed by atoms with Crippen molar-refractivity contribution < 1.29 is 52.2 Å². The highest BCUT2D eigenvalue weighted by Gasteiger charge is 2.28. The van der Waals surface area contributed by atoms with E-state index >= 15 is 0 Å². The Labute approximate surface area is 487 Å². The molecule has 3 atom stereocenters. The van der Waals surface area contributed by atoms with Crippen LogP contribution >= 0.6 is 7.82 Å². The fraction of sp³-hybridized carbons (Fsp3) is 0.632. The Morgan fingerprint density at radius 1 is 0.362 bits per heavy atom. The van der Waals surface area contributed by atoms with Gasteiger partial charge in [-0.05, 0) is 135 Å². The third-order valence-electron chi connectivity index (χ3n) is 12.5. The van der Waals surface area contributed by atoms with Crippen LogP contribution in [0.3, 0.4) is 0 Å². The highest BCUT2D eigenvalue weighted by Crippen LogP contribution is 2.43. The van der Waals surface area contributed by atoms with Crippen molar-refractivity contribution in [3.05, 3.63) is 134 Å². The normalized spacial score (nSPS) is 14.2. The van der Waals surface area contributed by atoms with Crippen LogP contribution < -0.4 is 0 Å². The van der Waals surface area contributed by atoms with Gasteiger partial charge >= 0.3 is 25.7 Å². The summed E-state index contributed by atoms with van der Waals surface area (Å²) in [4.78, 5) is 48.7. The molecule has 0 saturated carbocycles. The van der Waals surface area contributed by atoms with Gasteiger partial charge in [0, 0.05) is 19.3 Å². The van der Waals surface area contributed by atoms with E-state index in [0.717, 1.165) is 154 Å². The van der Waals surface area contributed by atoms with Gasteiger partial charge < -0.3 is 24.2 Å². The van der Waals surface area contributed by atoms with Crippen molar-refractivity contribution in [1.82, 2.24) is 0 Å². The van der Waals surface area contributed by atoms with E-state index in [-0.39, 0.29) is 25.9 Å². The van der Waals surface area contributed by atoms with E-state index in [1.165, 1.54) is 25.7 Å². The van der Waals surface area contributed by atoms with Crippen molar-refractivity contribution in [1.29, 1.82) is 0 Å². The number of hydrogen-bond acceptors (Lipinski definition) is 10. The zero-order chi connectivity index (χ0) is 58.3. The van der Waals surface area contributed by atoms with Gasteiger partial charge in [-0.25, -0.2) is 4.57 Å². The summed E-state index contributed by atoms with van der Waals surface area (Å²) in [5.74, 6) is -1.54. The first-order chi connectivity index (χ1) is 39.2. The Hall–Kier alpha value is -4.38. The number of esters is 3. The predicted octanol–water partition coefficient (Wildman–Crippen LogP) is 18.9. The van der Waals surface area contributed by atoms with Gasteiger partial charge in [-0.2, -0.15) is 0 Å². The lowest BCUT2D eigenvalue weighted by molar-refractivity contribution is -0.161. The fourth-order valence-electron chi connectivity index (χ4n) is 7.87. The molecule has 2 N–H and O–H groups in total. The summed E-state index contributed by atoms with van der Waals surface area (Å²) in [6, 6.07) is 0. The maximum absolute atomic E-state index is 12.9. The molecule has 0 aromatic rings. The van der Waals surface area contributed by atoms with Gasteiger partial charge in [0.15, 0.2) is 6.10 Å². The molecule has 0 fully saturated rings. The van der Waals surface area contributed by atoms with Gasteiger partial charge in [-0.3, -0.25) is 23.4 Å². The number of unbranched alkanes of at least 4 members (excludes halogenated alkanes) is 17. The number of aliphatic hydroxyl groups excluding tert-OH is 1. The smallest absolute Gasteiger partial charge is 0.462 e. The third kappa shape index (κ3) is 58.3. The van der Waals surface area contributed by atoms with E-state index in [4.69, 9.17) is 23.3 Å². The average Bonchev–Trinajstić information content (AvgIpc) is 3.45. The van der Waals surface area contributed by atoms with E-state index in [2.05, 4.69) is 154 Å². The summed E-state index contributed by atoms with van der Waals surface area (Å²) in [6.45, 7) is 4.32. The quantitative estimate of drug-likeness (QED) is 0.0197. The van der Waals surface area contributed by atoms with E-state index in [9.17, 15) is 28.9 Å². The lowest BCUT2D eigenvalue weighted by Crippen LogP contribution is -2.30. The van der Waals surface area contributed by atoms with E-state index in [0.29, 0.717) is 19.3 Å². The van der Waals surface area contributed by atoms with Crippen molar-refractivity contribution in [2.45, 2.75) is 251 Å². The second-order valence-corrected chi connectivity index (χ2v) is 21.6. The van der Waals surface area contributed by atoms with Crippen LogP contribution in [0.5, 0.6) is 0 Å².